The van der Waals surface area contributed by atoms with Gasteiger partial charge < -0.3 is 8.83 Å². The van der Waals surface area contributed by atoms with Crippen LogP contribution in [0.1, 0.15) is 33.4 Å². The van der Waals surface area contributed by atoms with Crippen LogP contribution < -0.4 is 0 Å². The van der Waals surface area contributed by atoms with Gasteiger partial charge in [-0.15, -0.1) is 0 Å². The Morgan fingerprint density at radius 2 is 0.826 bits per heavy atom. The first-order chi connectivity index (χ1) is 22.6. The highest BCUT2D eigenvalue weighted by molar-refractivity contribution is 5.77. The Bertz CT molecular complexity index is 1980. The van der Waals surface area contributed by atoms with Crippen LogP contribution in [0.25, 0.3) is 69.9 Å². The Balaban J connectivity index is 1.00. The van der Waals surface area contributed by atoms with E-state index in [1.54, 1.807) is 12.4 Å². The fourth-order valence-corrected chi connectivity index (χ4v) is 5.35. The van der Waals surface area contributed by atoms with Crippen LogP contribution in [0.3, 0.4) is 0 Å². The van der Waals surface area contributed by atoms with Crippen molar-refractivity contribution in [2.75, 3.05) is 0 Å². The van der Waals surface area contributed by atoms with Crippen molar-refractivity contribution in [2.45, 2.75) is 13.8 Å². The molecule has 4 nitrogen and oxygen atoms in total. The van der Waals surface area contributed by atoms with Crippen molar-refractivity contribution in [2.24, 2.45) is 0 Å². The minimum atomic E-state index is 0.618. The van der Waals surface area contributed by atoms with Crippen molar-refractivity contribution in [3.8, 4) is 45.6 Å². The number of rotatable bonds is 8. The number of benzene rings is 5. The molecule has 222 valence electrons. The fraction of sp³-hybridized carbons (Fsp3) is 0.0476. The molecule has 4 heteroatoms. The zero-order valence-electron chi connectivity index (χ0n) is 25.7. The topological polar surface area (TPSA) is 52.1 Å². The summed E-state index contributed by atoms with van der Waals surface area (Å²) in [5.74, 6) is 2.77. The molecule has 2 aromatic heterocycles. The molecule has 0 atom stereocenters. The Morgan fingerprint density at radius 3 is 1.22 bits per heavy atom. The van der Waals surface area contributed by atoms with Crippen molar-refractivity contribution in [3.63, 3.8) is 0 Å². The van der Waals surface area contributed by atoms with Crippen LogP contribution in [0.4, 0.5) is 0 Å². The summed E-state index contributed by atoms with van der Waals surface area (Å²) in [6.45, 7) is 4.31. The van der Waals surface area contributed by atoms with Crippen LogP contribution in [0.2, 0.25) is 0 Å². The van der Waals surface area contributed by atoms with Gasteiger partial charge in [0.05, 0.1) is 12.4 Å². The van der Waals surface area contributed by atoms with Gasteiger partial charge in [-0.3, -0.25) is 0 Å². The molecular weight excluding hydrogens is 564 g/mol. The summed E-state index contributed by atoms with van der Waals surface area (Å²) in [5.41, 5.74) is 11.0. The fourth-order valence-electron chi connectivity index (χ4n) is 5.35. The Labute approximate surface area is 269 Å². The second-order valence-electron chi connectivity index (χ2n) is 11.3. The molecule has 0 aliphatic carbocycles. The lowest BCUT2D eigenvalue weighted by atomic mass is 9.98. The van der Waals surface area contributed by atoms with E-state index in [-0.39, 0.29) is 0 Å². The largest absolute Gasteiger partial charge is 0.436 e. The van der Waals surface area contributed by atoms with Gasteiger partial charge in [-0.25, -0.2) is 9.97 Å². The third-order valence-electron chi connectivity index (χ3n) is 8.01. The summed E-state index contributed by atoms with van der Waals surface area (Å²) in [5, 5.41) is 0. The Morgan fingerprint density at radius 1 is 0.435 bits per heavy atom. The van der Waals surface area contributed by atoms with E-state index >= 15 is 0 Å². The van der Waals surface area contributed by atoms with Gasteiger partial charge in [0, 0.05) is 22.3 Å². The van der Waals surface area contributed by atoms with E-state index in [0.29, 0.717) is 11.8 Å². The van der Waals surface area contributed by atoms with Gasteiger partial charge in [-0.1, -0.05) is 121 Å². The molecule has 7 rings (SSSR count). The maximum Gasteiger partial charge on any atom is 0.226 e. The molecule has 0 N–H and O–H groups in total. The number of hydrogen-bond acceptors (Lipinski definition) is 4. The second-order valence-corrected chi connectivity index (χ2v) is 11.3. The monoisotopic (exact) mass is 596 g/mol. The average Bonchev–Trinajstić information content (AvgIpc) is 3.81. The maximum atomic E-state index is 6.01. The normalized spacial score (nSPS) is 11.5. The zero-order valence-corrected chi connectivity index (χ0v) is 25.7. The van der Waals surface area contributed by atoms with Gasteiger partial charge in [0.15, 0.2) is 11.5 Å². The minimum absolute atomic E-state index is 0.618. The lowest BCUT2D eigenvalue weighted by Crippen LogP contribution is -1.88. The van der Waals surface area contributed by atoms with E-state index in [1.807, 2.05) is 84.9 Å². The first-order valence-corrected chi connectivity index (χ1v) is 15.3. The molecule has 0 aliphatic rings. The highest BCUT2D eigenvalue weighted by atomic mass is 16.4. The zero-order chi connectivity index (χ0) is 31.3. The summed E-state index contributed by atoms with van der Waals surface area (Å²) in [6.07, 6.45) is 12.2. The molecule has 0 amide bonds. The molecule has 0 spiro atoms. The smallest absolute Gasteiger partial charge is 0.226 e. The summed E-state index contributed by atoms with van der Waals surface area (Å²) >= 11 is 0. The van der Waals surface area contributed by atoms with Gasteiger partial charge in [0.1, 0.15) is 0 Å². The standard InChI is InChI=1S/C42H32N2O2/c1-29-25-38(24-18-32-15-21-36(22-16-32)42-44-28-40(46-42)34-11-7-4-8-12-34)30(2)26-37(29)23-17-31-13-19-35(20-14-31)41-43-27-39(45-41)33-9-5-3-6-10-33/h3-28H,1-2H3/b23-17+,24-18+. The third-order valence-corrected chi connectivity index (χ3v) is 8.01. The highest BCUT2D eigenvalue weighted by Crippen LogP contribution is 2.28. The molecule has 2 heterocycles. The van der Waals surface area contributed by atoms with Gasteiger partial charge in [0.2, 0.25) is 11.8 Å². The van der Waals surface area contributed by atoms with Gasteiger partial charge in [-0.2, -0.15) is 0 Å². The number of oxazole rings is 2. The summed E-state index contributed by atoms with van der Waals surface area (Å²) in [7, 11) is 0. The molecule has 0 aliphatic heterocycles. The molecule has 46 heavy (non-hydrogen) atoms. The molecule has 0 bridgehead atoms. The van der Waals surface area contributed by atoms with Gasteiger partial charge in [-0.05, 0) is 71.5 Å². The predicted octanol–water partition coefficient (Wildman–Crippen LogP) is 11.3. The van der Waals surface area contributed by atoms with Crippen molar-refractivity contribution < 1.29 is 8.83 Å². The van der Waals surface area contributed by atoms with Crippen LogP contribution in [-0.2, 0) is 0 Å². The number of aromatic nitrogens is 2. The third kappa shape index (κ3) is 6.42. The van der Waals surface area contributed by atoms with Crippen LogP contribution in [-0.4, -0.2) is 9.97 Å². The molecule has 0 unspecified atom stereocenters. The summed E-state index contributed by atoms with van der Waals surface area (Å²) in [4.78, 5) is 8.96. The molecule has 7 aromatic rings. The molecule has 0 radical (unpaired) electrons. The van der Waals surface area contributed by atoms with Gasteiger partial charge in [0.25, 0.3) is 0 Å². The number of hydrogen-bond donors (Lipinski definition) is 0. The number of nitrogens with zero attached hydrogens (tertiary/aromatic N) is 2. The van der Waals surface area contributed by atoms with E-state index in [0.717, 1.165) is 44.9 Å². The van der Waals surface area contributed by atoms with E-state index < -0.39 is 0 Å². The van der Waals surface area contributed by atoms with Crippen LogP contribution in [0, 0.1) is 13.8 Å². The van der Waals surface area contributed by atoms with Crippen molar-refractivity contribution >= 4 is 24.3 Å². The van der Waals surface area contributed by atoms with Crippen molar-refractivity contribution in [1.82, 2.24) is 9.97 Å². The quantitative estimate of drug-likeness (QED) is 0.164. The average molecular weight is 597 g/mol. The predicted molar refractivity (Wildman–Crippen MR) is 189 cm³/mol. The van der Waals surface area contributed by atoms with Crippen LogP contribution in [0.5, 0.6) is 0 Å². The first kappa shape index (κ1) is 28.8. The highest BCUT2D eigenvalue weighted by Gasteiger charge is 2.10. The maximum absolute atomic E-state index is 6.01. The Hall–Kier alpha value is -6.00. The lowest BCUT2D eigenvalue weighted by molar-refractivity contribution is 0.588. The minimum Gasteiger partial charge on any atom is -0.436 e. The van der Waals surface area contributed by atoms with Crippen LogP contribution >= 0.6 is 0 Å². The molecule has 0 saturated heterocycles. The van der Waals surface area contributed by atoms with E-state index in [9.17, 15) is 0 Å². The summed E-state index contributed by atoms with van der Waals surface area (Å²) in [6, 6.07) is 41.1. The Kier molecular flexibility index (Phi) is 8.08. The molecular formula is C42H32N2O2. The number of aryl methyl sites for hydroxylation is 2. The SMILES string of the molecule is Cc1cc(/C=C/c2ccc(-c3ncc(-c4ccccc4)o3)cc2)c(C)cc1/C=C/c1ccc(-c2ncc(-c3ccccc3)o2)cc1. The first-order valence-electron chi connectivity index (χ1n) is 15.3. The van der Waals surface area contributed by atoms with E-state index in [4.69, 9.17) is 8.83 Å². The lowest BCUT2D eigenvalue weighted by Gasteiger charge is -2.07. The van der Waals surface area contributed by atoms with Crippen LogP contribution in [0.15, 0.2) is 143 Å². The van der Waals surface area contributed by atoms with Gasteiger partial charge >= 0.3 is 0 Å². The van der Waals surface area contributed by atoms with Crippen molar-refractivity contribution in [3.05, 3.63) is 167 Å². The molecule has 5 aromatic carbocycles. The molecule has 0 fully saturated rings. The second kappa shape index (κ2) is 12.9. The molecule has 0 saturated carbocycles. The van der Waals surface area contributed by atoms with E-state index in [1.165, 1.54) is 22.3 Å². The van der Waals surface area contributed by atoms with Crippen molar-refractivity contribution in [1.29, 1.82) is 0 Å². The summed E-state index contributed by atoms with van der Waals surface area (Å²) < 4.78 is 12.0. The van der Waals surface area contributed by atoms with E-state index in [2.05, 4.69) is 84.5 Å².